The first-order valence-electron chi connectivity index (χ1n) is 3.88. The van der Waals surface area contributed by atoms with Gasteiger partial charge in [0.2, 0.25) is 0 Å². The van der Waals surface area contributed by atoms with Crippen molar-refractivity contribution in [3.8, 4) is 5.75 Å². The molecule has 0 fully saturated rings. The van der Waals surface area contributed by atoms with Crippen LogP contribution in [-0.2, 0) is 4.79 Å². The average Bonchev–Trinajstić information content (AvgIpc) is 2.16. The van der Waals surface area contributed by atoms with Crippen LogP contribution in [0.15, 0.2) is 18.2 Å². The van der Waals surface area contributed by atoms with Crippen LogP contribution in [0.5, 0.6) is 5.75 Å². The van der Waals surface area contributed by atoms with Crippen LogP contribution in [0.3, 0.4) is 0 Å². The number of hydrogen-bond donors (Lipinski definition) is 2. The zero-order valence-electron chi connectivity index (χ0n) is 7.53. The predicted octanol–water partition coefficient (Wildman–Crippen LogP) is 1.43. The van der Waals surface area contributed by atoms with Gasteiger partial charge in [0.05, 0.1) is 12.1 Å². The van der Waals surface area contributed by atoms with Gasteiger partial charge >= 0.3 is 5.97 Å². The van der Waals surface area contributed by atoms with E-state index in [1.807, 2.05) is 0 Å². The normalized spacial score (nSPS) is 12.2. The van der Waals surface area contributed by atoms with Gasteiger partial charge in [0.25, 0.3) is 0 Å². The highest BCUT2D eigenvalue weighted by Gasteiger charge is 2.15. The molecule has 14 heavy (non-hydrogen) atoms. The minimum absolute atomic E-state index is 0.349. The molecule has 1 atom stereocenters. The second-order valence-corrected chi connectivity index (χ2v) is 3.12. The molecule has 1 unspecified atom stereocenters. The van der Waals surface area contributed by atoms with Crippen LogP contribution in [0, 0.1) is 0 Å². The summed E-state index contributed by atoms with van der Waals surface area (Å²) >= 11 is 5.80. The number of aliphatic carboxylic acids is 1. The smallest absolute Gasteiger partial charge is 0.325 e. The number of halogens is 1. The standard InChI is InChI=1S/C9H10ClNO3/c1-14-7-3-2-5(4-6(7)10)8(11)9(12)13/h2-4,8H,11H2,1H3,(H,12,13). The second-order valence-electron chi connectivity index (χ2n) is 2.71. The van der Waals surface area contributed by atoms with Gasteiger partial charge in [0, 0.05) is 0 Å². The van der Waals surface area contributed by atoms with Crippen molar-refractivity contribution in [1.29, 1.82) is 0 Å². The largest absolute Gasteiger partial charge is 0.495 e. The number of benzene rings is 1. The van der Waals surface area contributed by atoms with E-state index in [1.165, 1.54) is 13.2 Å². The Morgan fingerprint density at radius 1 is 1.64 bits per heavy atom. The molecule has 76 valence electrons. The molecule has 1 aromatic carbocycles. The Bertz CT molecular complexity index is 354. The van der Waals surface area contributed by atoms with Gasteiger partial charge in [-0.2, -0.15) is 0 Å². The van der Waals surface area contributed by atoms with Crippen LogP contribution in [0.1, 0.15) is 11.6 Å². The highest BCUT2D eigenvalue weighted by Crippen LogP contribution is 2.26. The topological polar surface area (TPSA) is 72.5 Å². The van der Waals surface area contributed by atoms with E-state index in [0.717, 1.165) is 0 Å². The van der Waals surface area contributed by atoms with Crippen molar-refractivity contribution in [2.75, 3.05) is 7.11 Å². The summed E-state index contributed by atoms with van der Waals surface area (Å²) in [6.45, 7) is 0. The first-order valence-corrected chi connectivity index (χ1v) is 4.26. The summed E-state index contributed by atoms with van der Waals surface area (Å²) in [5, 5.41) is 9.00. The molecular weight excluding hydrogens is 206 g/mol. The Morgan fingerprint density at radius 2 is 2.29 bits per heavy atom. The molecule has 0 saturated heterocycles. The minimum atomic E-state index is -1.09. The minimum Gasteiger partial charge on any atom is -0.495 e. The highest BCUT2D eigenvalue weighted by atomic mass is 35.5. The van der Waals surface area contributed by atoms with Crippen molar-refractivity contribution < 1.29 is 14.6 Å². The molecule has 1 aromatic rings. The van der Waals surface area contributed by atoms with Gasteiger partial charge in [-0.05, 0) is 17.7 Å². The summed E-state index contributed by atoms with van der Waals surface area (Å²) in [5.41, 5.74) is 5.85. The van der Waals surface area contributed by atoms with Gasteiger partial charge in [0.15, 0.2) is 0 Å². The lowest BCUT2D eigenvalue weighted by atomic mass is 10.1. The molecule has 0 amide bonds. The molecule has 0 radical (unpaired) electrons. The number of rotatable bonds is 3. The highest BCUT2D eigenvalue weighted by molar-refractivity contribution is 6.32. The van der Waals surface area contributed by atoms with Crippen LogP contribution in [0.4, 0.5) is 0 Å². The number of carbonyl (C=O) groups is 1. The van der Waals surface area contributed by atoms with E-state index >= 15 is 0 Å². The number of methoxy groups -OCH3 is 1. The Kier molecular flexibility index (Phi) is 3.33. The van der Waals surface area contributed by atoms with Crippen molar-refractivity contribution in [2.24, 2.45) is 5.73 Å². The lowest BCUT2D eigenvalue weighted by molar-refractivity contribution is -0.138. The summed E-state index contributed by atoms with van der Waals surface area (Å²) in [4.78, 5) is 10.6. The monoisotopic (exact) mass is 215 g/mol. The number of carboxylic acid groups (broad SMARTS) is 1. The molecule has 0 bridgehead atoms. The molecular formula is C9H10ClNO3. The number of carboxylic acids is 1. The van der Waals surface area contributed by atoms with Gasteiger partial charge < -0.3 is 15.6 Å². The van der Waals surface area contributed by atoms with Gasteiger partial charge in [-0.15, -0.1) is 0 Å². The fourth-order valence-corrected chi connectivity index (χ4v) is 1.28. The van der Waals surface area contributed by atoms with Crippen molar-refractivity contribution in [3.05, 3.63) is 28.8 Å². The summed E-state index contributed by atoms with van der Waals surface area (Å²) < 4.78 is 4.92. The van der Waals surface area contributed by atoms with E-state index in [0.29, 0.717) is 16.3 Å². The Morgan fingerprint density at radius 3 is 2.71 bits per heavy atom. The van der Waals surface area contributed by atoms with E-state index in [-0.39, 0.29) is 0 Å². The van der Waals surface area contributed by atoms with E-state index in [2.05, 4.69) is 0 Å². The molecule has 0 heterocycles. The zero-order chi connectivity index (χ0) is 10.7. The molecule has 5 heteroatoms. The Labute approximate surface area is 86.2 Å². The first kappa shape index (κ1) is 10.8. The fourth-order valence-electron chi connectivity index (χ4n) is 1.02. The molecule has 0 aliphatic heterocycles. The molecule has 0 aliphatic rings. The average molecular weight is 216 g/mol. The summed E-state index contributed by atoms with van der Waals surface area (Å²) in [5.74, 6) is -0.598. The number of ether oxygens (including phenoxy) is 1. The Balaban J connectivity index is 3.02. The summed E-state index contributed by atoms with van der Waals surface area (Å²) in [6.07, 6.45) is 0. The van der Waals surface area contributed by atoms with Crippen molar-refractivity contribution >= 4 is 17.6 Å². The third kappa shape index (κ3) is 2.16. The van der Waals surface area contributed by atoms with E-state index < -0.39 is 12.0 Å². The van der Waals surface area contributed by atoms with Crippen LogP contribution in [-0.4, -0.2) is 18.2 Å². The number of nitrogens with two attached hydrogens (primary N) is 1. The summed E-state index contributed by atoms with van der Waals surface area (Å²) in [6, 6.07) is 3.58. The van der Waals surface area contributed by atoms with Gasteiger partial charge in [-0.3, -0.25) is 4.79 Å². The van der Waals surface area contributed by atoms with Crippen LogP contribution < -0.4 is 10.5 Å². The maximum Gasteiger partial charge on any atom is 0.325 e. The first-order chi connectivity index (χ1) is 6.56. The van der Waals surface area contributed by atoms with E-state index in [4.69, 9.17) is 27.2 Å². The van der Waals surface area contributed by atoms with Crippen molar-refractivity contribution in [2.45, 2.75) is 6.04 Å². The van der Waals surface area contributed by atoms with E-state index in [9.17, 15) is 4.79 Å². The third-order valence-corrected chi connectivity index (χ3v) is 2.10. The van der Waals surface area contributed by atoms with Crippen LogP contribution in [0.25, 0.3) is 0 Å². The lowest BCUT2D eigenvalue weighted by Crippen LogP contribution is -2.20. The van der Waals surface area contributed by atoms with Crippen LogP contribution >= 0.6 is 11.6 Å². The maximum absolute atomic E-state index is 10.6. The Hall–Kier alpha value is -1.26. The molecule has 0 spiro atoms. The molecule has 0 aliphatic carbocycles. The summed E-state index contributed by atoms with van der Waals surface area (Å²) in [7, 11) is 1.48. The molecule has 0 saturated carbocycles. The third-order valence-electron chi connectivity index (χ3n) is 1.80. The zero-order valence-corrected chi connectivity index (χ0v) is 8.28. The molecule has 3 N–H and O–H groups in total. The van der Waals surface area contributed by atoms with E-state index in [1.54, 1.807) is 12.1 Å². The molecule has 1 rings (SSSR count). The molecule has 4 nitrogen and oxygen atoms in total. The lowest BCUT2D eigenvalue weighted by Gasteiger charge is -2.09. The maximum atomic E-state index is 10.6. The number of hydrogen-bond acceptors (Lipinski definition) is 3. The van der Waals surface area contributed by atoms with Crippen LogP contribution in [0.2, 0.25) is 5.02 Å². The second kappa shape index (κ2) is 4.30. The molecule has 0 aromatic heterocycles. The van der Waals surface area contributed by atoms with Gasteiger partial charge in [0.1, 0.15) is 11.8 Å². The SMILES string of the molecule is COc1ccc(C(N)C(=O)O)cc1Cl. The van der Waals surface area contributed by atoms with Crippen molar-refractivity contribution in [3.63, 3.8) is 0 Å². The predicted molar refractivity (Wildman–Crippen MR) is 52.6 cm³/mol. The van der Waals surface area contributed by atoms with Crippen molar-refractivity contribution in [1.82, 2.24) is 0 Å². The van der Waals surface area contributed by atoms with Gasteiger partial charge in [-0.1, -0.05) is 17.7 Å². The quantitative estimate of drug-likeness (QED) is 0.800. The van der Waals surface area contributed by atoms with Gasteiger partial charge in [-0.25, -0.2) is 0 Å². The fraction of sp³-hybridized carbons (Fsp3) is 0.222.